The largest absolute Gasteiger partial charge is 0.497 e. The van der Waals surface area contributed by atoms with Crippen molar-refractivity contribution in [2.45, 2.75) is 134 Å². The van der Waals surface area contributed by atoms with Crippen LogP contribution in [0.2, 0.25) is 0 Å². The second-order valence-electron chi connectivity index (χ2n) is 24.8. The molecule has 0 radical (unpaired) electrons. The lowest BCUT2D eigenvalue weighted by atomic mass is 9.81. The summed E-state index contributed by atoms with van der Waals surface area (Å²) < 4.78 is 5.66. The Balaban J connectivity index is 0.806. The first-order chi connectivity index (χ1) is 40.8. The number of carbonyl (C=O) groups excluding carboxylic acids is 6. The van der Waals surface area contributed by atoms with Crippen LogP contribution in [0, 0.1) is 10.8 Å². The monoisotopic (exact) mass is 1140 g/mol. The first-order valence-electron chi connectivity index (χ1n) is 29.6. The maximum absolute atomic E-state index is 15.2. The summed E-state index contributed by atoms with van der Waals surface area (Å²) in [6, 6.07) is 44.1. The van der Waals surface area contributed by atoms with Gasteiger partial charge in [-0.2, -0.15) is 0 Å². The number of nitrogens with zero attached hydrogens (tertiary/aromatic N) is 2. The molecule has 3 unspecified atom stereocenters. The van der Waals surface area contributed by atoms with Crippen molar-refractivity contribution in [2.24, 2.45) is 10.8 Å². The summed E-state index contributed by atoms with van der Waals surface area (Å²) in [6.07, 6.45) is 1.52. The number of nitrogens with one attached hydrogen (secondary N) is 7. The van der Waals surface area contributed by atoms with Gasteiger partial charge in [-0.15, -0.1) is 0 Å². The second-order valence-corrected chi connectivity index (χ2v) is 24.8. The summed E-state index contributed by atoms with van der Waals surface area (Å²) in [5.41, 5.74) is 7.59. The number of carbonyl (C=O) groups is 6. The predicted octanol–water partition coefficient (Wildman–Crippen LogP) is 8.19. The molecule has 0 spiro atoms. The number of methoxy groups -OCH3 is 1. The number of aromatic nitrogens is 1. The minimum absolute atomic E-state index is 0.204. The Kier molecular flexibility index (Phi) is 16.3. The molecular weight excluding hydrogens is 1070 g/mol. The molecule has 6 amide bonds. The number of H-pyrrole nitrogens is 1. The molecule has 0 saturated carbocycles. The van der Waals surface area contributed by atoms with Crippen LogP contribution >= 0.6 is 0 Å². The van der Waals surface area contributed by atoms with E-state index >= 15 is 14.4 Å². The van der Waals surface area contributed by atoms with Crippen molar-refractivity contribution in [3.05, 3.63) is 208 Å². The maximum Gasteiger partial charge on any atom is 0.246 e. The molecule has 11 rings (SSSR count). The third kappa shape index (κ3) is 11.4. The van der Waals surface area contributed by atoms with Crippen LogP contribution in [0.15, 0.2) is 158 Å². The number of ether oxygens (including phenoxy) is 1. The van der Waals surface area contributed by atoms with Gasteiger partial charge in [0.1, 0.15) is 29.9 Å². The molecule has 5 heterocycles. The molecule has 1 aromatic heterocycles. The van der Waals surface area contributed by atoms with Crippen molar-refractivity contribution in [1.82, 2.24) is 46.7 Å². The van der Waals surface area contributed by atoms with Gasteiger partial charge in [-0.25, -0.2) is 0 Å². The van der Waals surface area contributed by atoms with Gasteiger partial charge in [0.2, 0.25) is 35.4 Å². The van der Waals surface area contributed by atoms with Gasteiger partial charge in [0, 0.05) is 36.0 Å². The molecule has 0 aliphatic carbocycles. The topological polar surface area (TPSA) is 206 Å². The number of likely N-dealkylation sites (N-methyl/N-ethyl adjacent to an activating group) is 1. The maximum atomic E-state index is 15.2. The lowest BCUT2D eigenvalue weighted by molar-refractivity contribution is -0.145. The molecule has 85 heavy (non-hydrogen) atoms. The molecule has 6 aromatic carbocycles. The van der Waals surface area contributed by atoms with E-state index < -0.39 is 71.2 Å². The molecule has 440 valence electrons. The Labute approximate surface area is 497 Å². The zero-order valence-electron chi connectivity index (χ0n) is 49.6. The van der Waals surface area contributed by atoms with Gasteiger partial charge in [-0.3, -0.25) is 28.8 Å². The van der Waals surface area contributed by atoms with Crippen molar-refractivity contribution in [1.29, 1.82) is 0 Å². The van der Waals surface area contributed by atoms with Crippen molar-refractivity contribution < 1.29 is 33.5 Å². The van der Waals surface area contributed by atoms with Gasteiger partial charge in [-0.1, -0.05) is 167 Å². The number of aromatic amines is 1. The predicted molar refractivity (Wildman–Crippen MR) is 327 cm³/mol. The number of fused-ring (bicyclic) bond motifs is 8. The van der Waals surface area contributed by atoms with Crippen LogP contribution in [0.3, 0.4) is 0 Å². The van der Waals surface area contributed by atoms with Crippen molar-refractivity contribution >= 4 is 46.3 Å². The lowest BCUT2D eigenvalue weighted by Gasteiger charge is -2.35. The van der Waals surface area contributed by atoms with Crippen LogP contribution < -0.4 is 36.6 Å². The Bertz CT molecular complexity index is 3590. The second kappa shape index (κ2) is 23.8. The van der Waals surface area contributed by atoms with Crippen LogP contribution in [0.4, 0.5) is 0 Å². The minimum atomic E-state index is -0.987. The Morgan fingerprint density at radius 2 is 1.08 bits per heavy atom. The van der Waals surface area contributed by atoms with Gasteiger partial charge in [-0.05, 0) is 107 Å². The summed E-state index contributed by atoms with van der Waals surface area (Å²) in [6.45, 7) is 11.9. The van der Waals surface area contributed by atoms with E-state index in [9.17, 15) is 14.4 Å². The highest BCUT2D eigenvalue weighted by Crippen LogP contribution is 2.52. The number of benzene rings is 6. The molecular formula is C69H77N9O7. The van der Waals surface area contributed by atoms with E-state index in [2.05, 4.69) is 36.9 Å². The first-order valence-corrected chi connectivity index (χ1v) is 29.6. The fraction of sp³-hybridized carbons (Fsp3) is 0.362. The fourth-order valence-corrected chi connectivity index (χ4v) is 13.7. The molecule has 0 bridgehead atoms. The van der Waals surface area contributed by atoms with E-state index in [1.165, 1.54) is 0 Å². The summed E-state index contributed by atoms with van der Waals surface area (Å²) in [4.78, 5) is 95.4. The minimum Gasteiger partial charge on any atom is -0.497 e. The number of para-hydroxylation sites is 1. The Hall–Kier alpha value is -8.60. The highest BCUT2D eigenvalue weighted by Gasteiger charge is 2.57. The molecule has 16 nitrogen and oxygen atoms in total. The van der Waals surface area contributed by atoms with Gasteiger partial charge in [0.25, 0.3) is 0 Å². The normalized spacial score (nSPS) is 22.2. The average molecular weight is 1140 g/mol. The summed E-state index contributed by atoms with van der Waals surface area (Å²) in [5.74, 6) is -1.28. The van der Waals surface area contributed by atoms with Crippen LogP contribution in [-0.2, 0) is 48.2 Å². The van der Waals surface area contributed by atoms with Crippen molar-refractivity contribution in [3.8, 4) is 5.75 Å². The third-order valence-corrected chi connectivity index (χ3v) is 18.2. The third-order valence-electron chi connectivity index (χ3n) is 18.2. The van der Waals surface area contributed by atoms with Crippen LogP contribution in [0.25, 0.3) is 10.9 Å². The van der Waals surface area contributed by atoms with Gasteiger partial charge < -0.3 is 51.4 Å². The molecule has 9 atom stereocenters. The average Bonchev–Trinajstić information content (AvgIpc) is 1.65. The van der Waals surface area contributed by atoms with E-state index in [0.29, 0.717) is 25.1 Å². The molecule has 7 N–H and O–H groups in total. The standard InChI is InChI=1S/C69H77N9O7/c1-40(70-7)62(79)74-54-36-51-50-26-18-19-27-52(50)72-59(51)56-38-69(5,6)61(78(56)67(54)84)65(82)76-58(45-24-16-11-17-25-45)46-30-28-42(29-31-46)39-71-41(2)63(80)73-53-35-47-34-48(85-8)32-33-49(47)55-37-68(3,4)60(77(55)66(53)83)64(81)75-57(43-20-12-9-13-21-43)44-22-14-10-15-23-44/h9-34,40-41,53-58,60-61,70-72H,35-39H2,1-8H3,(H,73,80)(H,74,79)(H,75,81)(H,76,82)/t40-,41-,53-,54-,55+,56+,58?,60?,61?/m0/s1. The van der Waals surface area contributed by atoms with Crippen LogP contribution in [-0.4, -0.2) is 101 Å². The van der Waals surface area contributed by atoms with Crippen molar-refractivity contribution in [2.75, 3.05) is 14.2 Å². The number of hydrogen-bond acceptors (Lipinski definition) is 9. The Morgan fingerprint density at radius 3 is 1.62 bits per heavy atom. The van der Waals surface area contributed by atoms with Gasteiger partial charge in [0.05, 0.1) is 43.4 Å². The summed E-state index contributed by atoms with van der Waals surface area (Å²) >= 11 is 0. The zero-order valence-corrected chi connectivity index (χ0v) is 49.6. The van der Waals surface area contributed by atoms with E-state index in [4.69, 9.17) is 4.74 Å². The molecule has 2 saturated heterocycles. The number of rotatable bonds is 17. The number of hydrogen-bond donors (Lipinski definition) is 7. The van der Waals surface area contributed by atoms with E-state index in [1.54, 1.807) is 37.8 Å². The lowest BCUT2D eigenvalue weighted by Crippen LogP contribution is -2.58. The summed E-state index contributed by atoms with van der Waals surface area (Å²) in [7, 11) is 3.30. The first kappa shape index (κ1) is 58.2. The number of amides is 6. The highest BCUT2D eigenvalue weighted by molar-refractivity contribution is 5.98. The van der Waals surface area contributed by atoms with E-state index in [1.807, 2.05) is 185 Å². The molecule has 4 aliphatic rings. The van der Waals surface area contributed by atoms with E-state index in [0.717, 1.165) is 61.1 Å². The summed E-state index contributed by atoms with van der Waals surface area (Å²) in [5, 5.41) is 20.2. The SMILES string of the molecule is CN[C@@H](C)C(=O)N[C@H]1Cc2c([nH]c3ccccc23)[C@H]2CC(C)(C)C(C(=O)NC(c3ccccc3)c3ccc(CN[C@@H](C)C(=O)N[C@H]4Cc5cc(OC)ccc5[C@H]5CC(C)(C)C(C(=O)NC(c6ccccc6)c6ccccc6)N5C4=O)cc3)N2C1=O. The molecule has 7 aromatic rings. The van der Waals surface area contributed by atoms with E-state index in [-0.39, 0.29) is 48.3 Å². The quantitative estimate of drug-likeness (QED) is 0.0469. The molecule has 16 heteroatoms. The smallest absolute Gasteiger partial charge is 0.246 e. The van der Waals surface area contributed by atoms with Gasteiger partial charge in [0.15, 0.2) is 0 Å². The molecule has 4 aliphatic heterocycles. The van der Waals surface area contributed by atoms with Crippen LogP contribution in [0.1, 0.15) is 129 Å². The Morgan fingerprint density at radius 1 is 0.600 bits per heavy atom. The van der Waals surface area contributed by atoms with Crippen LogP contribution in [0.5, 0.6) is 5.75 Å². The molecule has 2 fully saturated rings. The fourth-order valence-electron chi connectivity index (χ4n) is 13.7. The highest BCUT2D eigenvalue weighted by atomic mass is 16.5. The van der Waals surface area contributed by atoms with Crippen molar-refractivity contribution in [3.63, 3.8) is 0 Å². The van der Waals surface area contributed by atoms with Gasteiger partial charge >= 0.3 is 0 Å². The zero-order chi connectivity index (χ0) is 59.9.